The van der Waals surface area contributed by atoms with Crippen LogP contribution in [0.15, 0.2) is 24.4 Å². The Bertz CT molecular complexity index is 977. The highest BCUT2D eigenvalue weighted by Gasteiger charge is 2.25. The van der Waals surface area contributed by atoms with Gasteiger partial charge in [-0.15, -0.1) is 0 Å². The van der Waals surface area contributed by atoms with E-state index in [0.717, 1.165) is 69.6 Å². The van der Waals surface area contributed by atoms with E-state index in [1.807, 2.05) is 24.0 Å². The molecule has 182 valence electrons. The average Bonchev–Trinajstić information content (AvgIpc) is 3.37. The Balaban J connectivity index is 1.18. The lowest BCUT2D eigenvalue weighted by molar-refractivity contribution is 0.0746. The van der Waals surface area contributed by atoms with Gasteiger partial charge in [-0.1, -0.05) is 0 Å². The first-order chi connectivity index (χ1) is 16.5. The van der Waals surface area contributed by atoms with Crippen LogP contribution in [-0.2, 0) is 0 Å². The van der Waals surface area contributed by atoms with Gasteiger partial charge in [0, 0.05) is 70.7 Å². The second-order valence-electron chi connectivity index (χ2n) is 9.61. The lowest BCUT2D eigenvalue weighted by atomic mass is 10.2. The van der Waals surface area contributed by atoms with Crippen LogP contribution in [0.3, 0.4) is 0 Å². The predicted octanol–water partition coefficient (Wildman–Crippen LogP) is 2.22. The molecule has 5 rings (SSSR count). The van der Waals surface area contributed by atoms with E-state index in [1.54, 1.807) is 6.20 Å². The highest BCUT2D eigenvalue weighted by atomic mass is 16.5. The van der Waals surface area contributed by atoms with Gasteiger partial charge >= 0.3 is 0 Å². The maximum Gasteiger partial charge on any atom is 0.255 e. The number of pyridine rings is 1. The van der Waals surface area contributed by atoms with E-state index in [4.69, 9.17) is 9.72 Å². The SMILES string of the molecule is Cc1nc(N2CCN(C)CC2)cc(N2CCN(C(=O)c3ccc(OC4CCCC4)nc3)CC2)n1. The Morgan fingerprint density at radius 3 is 2.12 bits per heavy atom. The topological polar surface area (TPSA) is 77.9 Å². The Kier molecular flexibility index (Phi) is 6.80. The fourth-order valence-electron chi connectivity index (χ4n) is 4.97. The number of carbonyl (C=O) groups excluding carboxylic acids is 1. The van der Waals surface area contributed by atoms with Crippen LogP contribution in [0.4, 0.5) is 11.6 Å². The summed E-state index contributed by atoms with van der Waals surface area (Å²) in [6.45, 7) is 8.82. The largest absolute Gasteiger partial charge is 0.474 e. The van der Waals surface area contributed by atoms with Crippen molar-refractivity contribution in [2.24, 2.45) is 0 Å². The van der Waals surface area contributed by atoms with E-state index in [-0.39, 0.29) is 12.0 Å². The van der Waals surface area contributed by atoms with E-state index >= 15 is 0 Å². The van der Waals surface area contributed by atoms with Crippen LogP contribution in [-0.4, -0.2) is 96.2 Å². The standard InChI is InChI=1S/C25H35N7O2/c1-19-27-22(30-11-9-29(2)10-12-30)17-23(28-19)31-13-15-32(16-14-31)25(33)20-7-8-24(26-18-20)34-21-5-3-4-6-21/h7-8,17-18,21H,3-6,9-16H2,1-2H3. The molecule has 34 heavy (non-hydrogen) atoms. The molecule has 2 saturated heterocycles. The highest BCUT2D eigenvalue weighted by molar-refractivity contribution is 5.94. The fraction of sp³-hybridized carbons (Fsp3) is 0.600. The molecule has 2 aromatic rings. The molecule has 0 bridgehead atoms. The van der Waals surface area contributed by atoms with Crippen LogP contribution in [0.2, 0.25) is 0 Å². The summed E-state index contributed by atoms with van der Waals surface area (Å²) in [5.74, 6) is 3.37. The summed E-state index contributed by atoms with van der Waals surface area (Å²) in [7, 11) is 2.16. The number of piperazine rings is 2. The third kappa shape index (κ3) is 5.24. The Labute approximate surface area is 201 Å². The minimum atomic E-state index is 0.0246. The number of rotatable bonds is 5. The van der Waals surface area contributed by atoms with Crippen molar-refractivity contribution >= 4 is 17.5 Å². The molecule has 0 N–H and O–H groups in total. The number of hydrogen-bond acceptors (Lipinski definition) is 8. The number of ether oxygens (including phenoxy) is 1. The maximum absolute atomic E-state index is 13.0. The van der Waals surface area contributed by atoms with Crippen LogP contribution in [0, 0.1) is 6.92 Å². The summed E-state index contributed by atoms with van der Waals surface area (Å²) in [6, 6.07) is 5.76. The van der Waals surface area contributed by atoms with Gasteiger partial charge in [0.1, 0.15) is 23.6 Å². The van der Waals surface area contributed by atoms with Gasteiger partial charge in [0.2, 0.25) is 5.88 Å². The smallest absolute Gasteiger partial charge is 0.255 e. The summed E-state index contributed by atoms with van der Waals surface area (Å²) < 4.78 is 5.93. The summed E-state index contributed by atoms with van der Waals surface area (Å²) in [6.07, 6.45) is 6.54. The number of likely N-dealkylation sites (N-methyl/N-ethyl adjacent to an activating group) is 1. The minimum absolute atomic E-state index is 0.0246. The van der Waals surface area contributed by atoms with E-state index in [1.165, 1.54) is 12.8 Å². The van der Waals surface area contributed by atoms with Gasteiger partial charge in [-0.05, 0) is 45.7 Å². The van der Waals surface area contributed by atoms with Gasteiger partial charge < -0.3 is 24.3 Å². The van der Waals surface area contributed by atoms with E-state index in [9.17, 15) is 4.79 Å². The van der Waals surface area contributed by atoms with Gasteiger partial charge in [0.05, 0.1) is 5.56 Å². The molecule has 0 unspecified atom stereocenters. The van der Waals surface area contributed by atoms with Gasteiger partial charge in [-0.25, -0.2) is 15.0 Å². The molecule has 0 spiro atoms. The zero-order valence-electron chi connectivity index (χ0n) is 20.3. The van der Waals surface area contributed by atoms with E-state index in [0.29, 0.717) is 24.5 Å². The van der Waals surface area contributed by atoms with E-state index in [2.05, 4.69) is 37.8 Å². The third-order valence-corrected chi connectivity index (χ3v) is 7.10. The summed E-state index contributed by atoms with van der Waals surface area (Å²) >= 11 is 0. The van der Waals surface area contributed by atoms with Crippen LogP contribution < -0.4 is 14.5 Å². The van der Waals surface area contributed by atoms with E-state index < -0.39 is 0 Å². The van der Waals surface area contributed by atoms with Crippen molar-refractivity contribution < 1.29 is 9.53 Å². The number of anilines is 2. The number of aryl methyl sites for hydroxylation is 1. The summed E-state index contributed by atoms with van der Waals surface area (Å²) in [5.41, 5.74) is 0.613. The lowest BCUT2D eigenvalue weighted by Gasteiger charge is -2.36. The molecule has 1 amide bonds. The van der Waals surface area contributed by atoms with Crippen molar-refractivity contribution in [3.8, 4) is 5.88 Å². The number of nitrogens with zero attached hydrogens (tertiary/aromatic N) is 7. The number of hydrogen-bond donors (Lipinski definition) is 0. The third-order valence-electron chi connectivity index (χ3n) is 7.10. The number of amides is 1. The summed E-state index contributed by atoms with van der Waals surface area (Å²) in [5, 5.41) is 0. The normalized spacial score (nSPS) is 20.1. The first-order valence-corrected chi connectivity index (χ1v) is 12.5. The van der Waals surface area contributed by atoms with Crippen LogP contribution in [0.25, 0.3) is 0 Å². The van der Waals surface area contributed by atoms with Gasteiger partial charge in [-0.3, -0.25) is 4.79 Å². The van der Waals surface area contributed by atoms with Gasteiger partial charge in [-0.2, -0.15) is 0 Å². The average molecular weight is 466 g/mol. The molecule has 9 nitrogen and oxygen atoms in total. The molecule has 3 aliphatic rings. The molecular weight excluding hydrogens is 430 g/mol. The first kappa shape index (κ1) is 22.8. The first-order valence-electron chi connectivity index (χ1n) is 12.5. The molecular formula is C25H35N7O2. The Hall–Kier alpha value is -2.94. The van der Waals surface area contributed by atoms with Crippen LogP contribution >= 0.6 is 0 Å². The highest BCUT2D eigenvalue weighted by Crippen LogP contribution is 2.24. The molecule has 1 saturated carbocycles. The van der Waals surface area contributed by atoms with Crippen molar-refractivity contribution in [2.75, 3.05) is 69.2 Å². The second-order valence-corrected chi connectivity index (χ2v) is 9.61. The van der Waals surface area contributed by atoms with Gasteiger partial charge in [0.25, 0.3) is 5.91 Å². The fourth-order valence-corrected chi connectivity index (χ4v) is 4.97. The van der Waals surface area contributed by atoms with Crippen molar-refractivity contribution in [3.05, 3.63) is 35.8 Å². The Morgan fingerprint density at radius 2 is 1.53 bits per heavy atom. The van der Waals surface area contributed by atoms with Crippen molar-refractivity contribution in [1.82, 2.24) is 24.8 Å². The number of carbonyl (C=O) groups is 1. The predicted molar refractivity (Wildman–Crippen MR) is 132 cm³/mol. The molecule has 2 aromatic heterocycles. The molecule has 1 aliphatic carbocycles. The maximum atomic E-state index is 13.0. The molecule has 0 atom stereocenters. The zero-order chi connectivity index (χ0) is 23.5. The quantitative estimate of drug-likeness (QED) is 0.665. The number of aromatic nitrogens is 3. The summed E-state index contributed by atoms with van der Waals surface area (Å²) in [4.78, 5) is 35.6. The zero-order valence-corrected chi connectivity index (χ0v) is 20.3. The van der Waals surface area contributed by atoms with Crippen molar-refractivity contribution in [2.45, 2.75) is 38.7 Å². The second kappa shape index (κ2) is 10.1. The molecule has 9 heteroatoms. The van der Waals surface area contributed by atoms with Crippen molar-refractivity contribution in [1.29, 1.82) is 0 Å². The van der Waals surface area contributed by atoms with Crippen molar-refractivity contribution in [3.63, 3.8) is 0 Å². The van der Waals surface area contributed by atoms with Crippen LogP contribution in [0.1, 0.15) is 41.9 Å². The molecule has 4 heterocycles. The monoisotopic (exact) mass is 465 g/mol. The Morgan fingerprint density at radius 1 is 0.912 bits per heavy atom. The molecule has 0 aromatic carbocycles. The molecule has 0 radical (unpaired) electrons. The molecule has 3 fully saturated rings. The molecule has 2 aliphatic heterocycles. The van der Waals surface area contributed by atoms with Crippen LogP contribution in [0.5, 0.6) is 5.88 Å². The minimum Gasteiger partial charge on any atom is -0.474 e. The van der Waals surface area contributed by atoms with Gasteiger partial charge in [0.15, 0.2) is 0 Å². The lowest BCUT2D eigenvalue weighted by Crippen LogP contribution is -2.49.